The molecule has 150 valence electrons. The molecule has 2 aromatic carbocycles. The van der Waals surface area contributed by atoms with Gasteiger partial charge in [0.1, 0.15) is 6.54 Å². The van der Waals surface area contributed by atoms with Gasteiger partial charge in [-0.3, -0.25) is 13.9 Å². The van der Waals surface area contributed by atoms with Crippen molar-refractivity contribution in [3.05, 3.63) is 64.7 Å². The van der Waals surface area contributed by atoms with Gasteiger partial charge in [0.2, 0.25) is 15.9 Å². The summed E-state index contributed by atoms with van der Waals surface area (Å²) in [7, 11) is -3.68. The third-order valence-corrected chi connectivity index (χ3v) is 5.50. The van der Waals surface area contributed by atoms with Crippen LogP contribution in [0.3, 0.4) is 0 Å². The van der Waals surface area contributed by atoms with E-state index in [1.54, 1.807) is 18.2 Å². The fourth-order valence-electron chi connectivity index (χ4n) is 2.64. The molecule has 28 heavy (non-hydrogen) atoms. The van der Waals surface area contributed by atoms with Gasteiger partial charge in [-0.05, 0) is 49.6 Å². The minimum Gasteiger partial charge on any atom is -0.355 e. The summed E-state index contributed by atoms with van der Waals surface area (Å²) in [4.78, 5) is 23.8. The number of carbonyl (C=O) groups excluding carboxylic acids is 2. The molecule has 0 aliphatic rings. The monoisotopic (exact) mass is 422 g/mol. The fraction of sp³-hybridized carbons (Fsp3) is 0.300. The number of Topliss-reactive ketones (excluding diaryl/α,β-unsaturated/α-hetero) is 1. The zero-order valence-electron chi connectivity index (χ0n) is 15.8. The SMILES string of the molecule is CC(=O)c1cccc(N(CC(=O)NCCCc2ccc(Cl)cc2)S(C)(=O)=O)c1. The lowest BCUT2D eigenvalue weighted by molar-refractivity contribution is -0.119. The Kier molecular flexibility index (Phi) is 7.60. The number of sulfonamides is 1. The first-order valence-electron chi connectivity index (χ1n) is 8.76. The number of benzene rings is 2. The number of carbonyl (C=O) groups is 2. The average molecular weight is 423 g/mol. The highest BCUT2D eigenvalue weighted by molar-refractivity contribution is 7.92. The second-order valence-corrected chi connectivity index (χ2v) is 8.80. The van der Waals surface area contributed by atoms with E-state index in [2.05, 4.69) is 5.32 Å². The standard InChI is InChI=1S/C20H23ClN2O4S/c1-15(24)17-6-3-7-19(13-17)23(28(2,26)27)14-20(25)22-12-4-5-16-8-10-18(21)11-9-16/h3,6-11,13H,4-5,12,14H2,1-2H3,(H,22,25). The van der Waals surface area contributed by atoms with Gasteiger partial charge in [0, 0.05) is 17.1 Å². The molecule has 2 rings (SSSR count). The van der Waals surface area contributed by atoms with Crippen LogP contribution in [0.15, 0.2) is 48.5 Å². The predicted molar refractivity (Wildman–Crippen MR) is 111 cm³/mol. The van der Waals surface area contributed by atoms with Gasteiger partial charge in [-0.15, -0.1) is 0 Å². The Balaban J connectivity index is 1.95. The Morgan fingerprint density at radius 1 is 1.11 bits per heavy atom. The van der Waals surface area contributed by atoms with Crippen LogP contribution in [0.1, 0.15) is 29.3 Å². The first-order valence-corrected chi connectivity index (χ1v) is 11.0. The summed E-state index contributed by atoms with van der Waals surface area (Å²) in [6, 6.07) is 13.7. The Bertz CT molecular complexity index is 943. The van der Waals surface area contributed by atoms with Crippen LogP contribution in [0.25, 0.3) is 0 Å². The predicted octanol–water partition coefficient (Wildman–Crippen LogP) is 3.06. The van der Waals surface area contributed by atoms with Crippen molar-refractivity contribution in [2.75, 3.05) is 23.7 Å². The van der Waals surface area contributed by atoms with Gasteiger partial charge in [-0.25, -0.2) is 8.42 Å². The summed E-state index contributed by atoms with van der Waals surface area (Å²) in [6.45, 7) is 1.48. The first kappa shape index (κ1) is 21.9. The second kappa shape index (κ2) is 9.71. The number of rotatable bonds is 9. The molecule has 0 aliphatic heterocycles. The van der Waals surface area contributed by atoms with E-state index < -0.39 is 15.9 Å². The number of nitrogens with one attached hydrogen (secondary N) is 1. The summed E-state index contributed by atoms with van der Waals surface area (Å²) in [6.07, 6.45) is 2.52. The van der Waals surface area contributed by atoms with Crippen LogP contribution in [0.5, 0.6) is 0 Å². The van der Waals surface area contributed by atoms with Crippen molar-refractivity contribution < 1.29 is 18.0 Å². The molecule has 1 amide bonds. The maximum atomic E-state index is 12.2. The highest BCUT2D eigenvalue weighted by Crippen LogP contribution is 2.19. The molecule has 0 saturated heterocycles. The van der Waals surface area contributed by atoms with Gasteiger partial charge in [-0.1, -0.05) is 35.9 Å². The van der Waals surface area contributed by atoms with Crippen molar-refractivity contribution in [2.45, 2.75) is 19.8 Å². The second-order valence-electron chi connectivity index (χ2n) is 6.46. The summed E-state index contributed by atoms with van der Waals surface area (Å²) in [5.41, 5.74) is 1.78. The number of aryl methyl sites for hydroxylation is 1. The van der Waals surface area contributed by atoms with Gasteiger partial charge < -0.3 is 5.32 Å². The molecule has 8 heteroatoms. The molecular formula is C20H23ClN2O4S. The molecule has 0 fully saturated rings. The maximum Gasteiger partial charge on any atom is 0.240 e. The smallest absolute Gasteiger partial charge is 0.240 e. The van der Waals surface area contributed by atoms with Gasteiger partial charge in [0.25, 0.3) is 0 Å². The van der Waals surface area contributed by atoms with E-state index in [9.17, 15) is 18.0 Å². The number of hydrogen-bond donors (Lipinski definition) is 1. The Morgan fingerprint density at radius 3 is 2.39 bits per heavy atom. The van der Waals surface area contributed by atoms with Crippen LogP contribution in [-0.2, 0) is 21.2 Å². The molecule has 0 unspecified atom stereocenters. The topological polar surface area (TPSA) is 83.6 Å². The molecule has 0 heterocycles. The molecule has 0 aliphatic carbocycles. The lowest BCUT2D eigenvalue weighted by Crippen LogP contribution is -2.40. The van der Waals surface area contributed by atoms with E-state index in [1.165, 1.54) is 13.0 Å². The van der Waals surface area contributed by atoms with Crippen LogP contribution in [0, 0.1) is 0 Å². The van der Waals surface area contributed by atoms with Crippen LogP contribution in [0.4, 0.5) is 5.69 Å². The molecule has 0 bridgehead atoms. The van der Waals surface area contributed by atoms with Crippen molar-refractivity contribution in [2.24, 2.45) is 0 Å². The Hall–Kier alpha value is -2.38. The third kappa shape index (κ3) is 6.65. The summed E-state index contributed by atoms with van der Waals surface area (Å²) < 4.78 is 25.3. The summed E-state index contributed by atoms with van der Waals surface area (Å²) in [5.74, 6) is -0.586. The summed E-state index contributed by atoms with van der Waals surface area (Å²) >= 11 is 5.85. The van der Waals surface area contributed by atoms with Crippen LogP contribution >= 0.6 is 11.6 Å². The molecule has 2 aromatic rings. The highest BCUT2D eigenvalue weighted by Gasteiger charge is 2.21. The fourth-order valence-corrected chi connectivity index (χ4v) is 3.61. The number of anilines is 1. The molecule has 0 atom stereocenters. The zero-order valence-corrected chi connectivity index (χ0v) is 17.4. The Labute approximate surface area is 170 Å². The van der Waals surface area contributed by atoms with Gasteiger partial charge in [-0.2, -0.15) is 0 Å². The van der Waals surface area contributed by atoms with E-state index in [1.807, 2.05) is 24.3 Å². The highest BCUT2D eigenvalue weighted by atomic mass is 35.5. The van der Waals surface area contributed by atoms with E-state index in [0.29, 0.717) is 23.6 Å². The largest absolute Gasteiger partial charge is 0.355 e. The molecule has 0 radical (unpaired) electrons. The quantitative estimate of drug-likeness (QED) is 0.497. The molecule has 0 aromatic heterocycles. The lowest BCUT2D eigenvalue weighted by Gasteiger charge is -2.22. The number of ketones is 1. The van der Waals surface area contributed by atoms with E-state index in [-0.39, 0.29) is 18.0 Å². The number of nitrogens with zero attached hydrogens (tertiary/aromatic N) is 1. The lowest BCUT2D eigenvalue weighted by atomic mass is 10.1. The molecular weight excluding hydrogens is 400 g/mol. The zero-order chi connectivity index (χ0) is 20.7. The van der Waals surface area contributed by atoms with E-state index in [0.717, 1.165) is 22.5 Å². The van der Waals surface area contributed by atoms with E-state index >= 15 is 0 Å². The van der Waals surface area contributed by atoms with Crippen molar-refractivity contribution in [1.82, 2.24) is 5.32 Å². The molecule has 6 nitrogen and oxygen atoms in total. The first-order chi connectivity index (χ1) is 13.2. The maximum absolute atomic E-state index is 12.2. The molecule has 1 N–H and O–H groups in total. The van der Waals surface area contributed by atoms with Crippen molar-refractivity contribution in [3.63, 3.8) is 0 Å². The normalized spacial score (nSPS) is 11.1. The van der Waals surface area contributed by atoms with Crippen LogP contribution < -0.4 is 9.62 Å². The van der Waals surface area contributed by atoms with Crippen LogP contribution in [0.2, 0.25) is 5.02 Å². The Morgan fingerprint density at radius 2 is 1.79 bits per heavy atom. The van der Waals surface area contributed by atoms with Crippen molar-refractivity contribution in [1.29, 1.82) is 0 Å². The number of halogens is 1. The summed E-state index contributed by atoms with van der Waals surface area (Å²) in [5, 5.41) is 3.41. The van der Waals surface area contributed by atoms with Gasteiger partial charge in [0.15, 0.2) is 5.78 Å². The van der Waals surface area contributed by atoms with Gasteiger partial charge >= 0.3 is 0 Å². The third-order valence-electron chi connectivity index (χ3n) is 4.11. The molecule has 0 spiro atoms. The number of amides is 1. The minimum atomic E-state index is -3.68. The average Bonchev–Trinajstić information content (AvgIpc) is 2.64. The number of hydrogen-bond acceptors (Lipinski definition) is 4. The molecule has 0 saturated carbocycles. The minimum absolute atomic E-state index is 0.179. The van der Waals surface area contributed by atoms with Gasteiger partial charge in [0.05, 0.1) is 11.9 Å². The van der Waals surface area contributed by atoms with Crippen molar-refractivity contribution in [3.8, 4) is 0 Å². The van der Waals surface area contributed by atoms with Crippen molar-refractivity contribution >= 4 is 39.0 Å². The van der Waals surface area contributed by atoms with E-state index in [4.69, 9.17) is 11.6 Å². The van der Waals surface area contributed by atoms with Crippen LogP contribution in [-0.4, -0.2) is 39.5 Å².